The van der Waals surface area contributed by atoms with E-state index in [-0.39, 0.29) is 27.6 Å². The van der Waals surface area contributed by atoms with Gasteiger partial charge in [0.2, 0.25) is 26.6 Å². The number of aromatic nitrogens is 1. The third kappa shape index (κ3) is 5.16. The highest BCUT2D eigenvalue weighted by atomic mass is 32.2. The van der Waals surface area contributed by atoms with Crippen molar-refractivity contribution in [1.29, 1.82) is 0 Å². The minimum absolute atomic E-state index is 0.0533. The number of ether oxygens (including phenoxy) is 1. The number of thioether (sulfide) groups is 1. The third-order valence-electron chi connectivity index (χ3n) is 6.20. The lowest BCUT2D eigenvalue weighted by atomic mass is 10.2. The van der Waals surface area contributed by atoms with E-state index in [0.717, 1.165) is 41.5 Å². The Morgan fingerprint density at radius 3 is 2.43 bits per heavy atom. The second-order valence-electron chi connectivity index (χ2n) is 8.79. The highest BCUT2D eigenvalue weighted by molar-refractivity contribution is 8.26. The van der Waals surface area contributed by atoms with Crippen LogP contribution in [0.2, 0.25) is 0 Å². The molecule has 0 spiro atoms. The molecule has 2 aromatic carbocycles. The fraction of sp³-hybridized carbons (Fsp3) is 0.269. The van der Waals surface area contributed by atoms with Gasteiger partial charge in [-0.05, 0) is 49.6 Å². The van der Waals surface area contributed by atoms with Crippen LogP contribution < -0.4 is 9.64 Å². The Morgan fingerprint density at radius 1 is 1.11 bits per heavy atom. The maximum Gasteiger partial charge on any atom is 0.266 e. The van der Waals surface area contributed by atoms with Gasteiger partial charge in [0.15, 0.2) is 0 Å². The molecule has 192 valence electrons. The molecular formula is C26H25N3O5S3. The molecule has 2 fully saturated rings. The Labute approximate surface area is 225 Å². The van der Waals surface area contributed by atoms with Crippen molar-refractivity contribution in [2.75, 3.05) is 25.1 Å². The molecule has 1 aromatic heterocycles. The first-order valence-corrected chi connectivity index (χ1v) is 14.4. The number of carbonyl (C=O) groups is 1. The van der Waals surface area contributed by atoms with Gasteiger partial charge in [-0.25, -0.2) is 8.42 Å². The van der Waals surface area contributed by atoms with E-state index in [4.69, 9.17) is 21.4 Å². The molecule has 0 bridgehead atoms. The monoisotopic (exact) mass is 555 g/mol. The lowest BCUT2D eigenvalue weighted by Gasteiger charge is -2.14. The van der Waals surface area contributed by atoms with Crippen LogP contribution >= 0.6 is 24.0 Å². The number of sulfone groups is 1. The fourth-order valence-corrected chi connectivity index (χ4v) is 6.71. The van der Waals surface area contributed by atoms with Gasteiger partial charge >= 0.3 is 0 Å². The zero-order valence-corrected chi connectivity index (χ0v) is 22.8. The summed E-state index contributed by atoms with van der Waals surface area (Å²) in [6.07, 6.45) is 3.34. The molecule has 2 aliphatic rings. The predicted molar refractivity (Wildman–Crippen MR) is 146 cm³/mol. The number of aryl methyl sites for hydroxylation is 1. The molecule has 0 aliphatic carbocycles. The lowest BCUT2D eigenvalue weighted by molar-refractivity contribution is -0.122. The summed E-state index contributed by atoms with van der Waals surface area (Å²) in [6, 6.07) is 14.0. The zero-order chi connectivity index (χ0) is 26.2. The number of hydrogen-bond donors (Lipinski definition) is 0. The average molecular weight is 556 g/mol. The molecule has 0 atom stereocenters. The van der Waals surface area contributed by atoms with E-state index in [2.05, 4.69) is 4.98 Å². The number of rotatable bonds is 7. The van der Waals surface area contributed by atoms with E-state index < -0.39 is 9.84 Å². The second kappa shape index (κ2) is 10.3. The van der Waals surface area contributed by atoms with Gasteiger partial charge in [-0.1, -0.05) is 53.8 Å². The highest BCUT2D eigenvalue weighted by Gasteiger charge is 2.35. The van der Waals surface area contributed by atoms with E-state index in [1.165, 1.54) is 11.0 Å². The number of hydrogen-bond acceptors (Lipinski definition) is 9. The van der Waals surface area contributed by atoms with Gasteiger partial charge in [0, 0.05) is 19.2 Å². The molecule has 2 saturated heterocycles. The maximum absolute atomic E-state index is 13.5. The normalized spacial score (nSPS) is 17.3. The molecule has 2 aliphatic heterocycles. The second-order valence-corrected chi connectivity index (χ2v) is 12.3. The smallest absolute Gasteiger partial charge is 0.266 e. The van der Waals surface area contributed by atoms with Crippen molar-refractivity contribution in [3.63, 3.8) is 0 Å². The topological polar surface area (TPSA) is 92.9 Å². The number of methoxy groups -OCH3 is 1. The van der Waals surface area contributed by atoms with E-state index in [9.17, 15) is 13.2 Å². The minimum Gasteiger partial charge on any atom is -0.497 e. The molecule has 3 heterocycles. The summed E-state index contributed by atoms with van der Waals surface area (Å²) in [5, 5.41) is -0.141. The molecule has 3 aromatic rings. The van der Waals surface area contributed by atoms with Crippen LogP contribution in [0, 0.1) is 6.92 Å². The van der Waals surface area contributed by atoms with Gasteiger partial charge in [0.25, 0.3) is 5.91 Å². The molecule has 0 saturated carbocycles. The zero-order valence-electron chi connectivity index (χ0n) is 20.3. The highest BCUT2D eigenvalue weighted by Crippen LogP contribution is 2.37. The Bertz CT molecular complexity index is 1470. The Morgan fingerprint density at radius 2 is 1.78 bits per heavy atom. The molecule has 8 nitrogen and oxygen atoms in total. The summed E-state index contributed by atoms with van der Waals surface area (Å²) in [5.41, 5.74) is 1.86. The number of benzene rings is 2. The number of oxazole rings is 1. The van der Waals surface area contributed by atoms with Crippen LogP contribution in [-0.2, 0) is 21.2 Å². The minimum atomic E-state index is -3.93. The molecule has 0 unspecified atom stereocenters. The fourth-order valence-electron chi connectivity index (χ4n) is 4.16. The maximum atomic E-state index is 13.5. The van der Waals surface area contributed by atoms with Crippen LogP contribution in [0.15, 0.2) is 67.8 Å². The van der Waals surface area contributed by atoms with E-state index in [0.29, 0.717) is 28.9 Å². The molecule has 1 amide bonds. The predicted octanol–water partition coefficient (Wildman–Crippen LogP) is 4.83. The number of nitrogens with zero attached hydrogens (tertiary/aromatic N) is 3. The standard InChI is InChI=1S/C26H25N3O5S3/c1-17-5-11-20(12-6-17)37(31,32)23-25(28-13-3-4-14-28)34-22(27-23)15-21-24(30)29(26(35)36-21)16-18-7-9-19(33-2)10-8-18/h5-12,15H,3-4,13-14,16H2,1-2H3. The van der Waals surface area contributed by atoms with Crippen molar-refractivity contribution < 1.29 is 22.4 Å². The summed E-state index contributed by atoms with van der Waals surface area (Å²) < 4.78 is 38.6. The SMILES string of the molecule is COc1ccc(CN2C(=O)C(=Cc3nc(S(=O)(=O)c4ccc(C)cc4)c(N4CCCC4)o3)SC2=S)cc1. The Kier molecular flexibility index (Phi) is 7.11. The van der Waals surface area contributed by atoms with Gasteiger partial charge in [0.1, 0.15) is 10.1 Å². The summed E-state index contributed by atoms with van der Waals surface area (Å²) in [7, 11) is -2.34. The van der Waals surface area contributed by atoms with Crippen LogP contribution in [0.1, 0.15) is 29.9 Å². The van der Waals surface area contributed by atoms with Crippen LogP contribution in [0.3, 0.4) is 0 Å². The van der Waals surface area contributed by atoms with Crippen LogP contribution in [0.4, 0.5) is 5.88 Å². The van der Waals surface area contributed by atoms with E-state index >= 15 is 0 Å². The number of thiocarbonyl (C=S) groups is 1. The Hall–Kier alpha value is -3.15. The third-order valence-corrected chi connectivity index (χ3v) is 9.25. The van der Waals surface area contributed by atoms with Crippen molar-refractivity contribution in [1.82, 2.24) is 9.88 Å². The van der Waals surface area contributed by atoms with Crippen LogP contribution in [0.25, 0.3) is 6.08 Å². The average Bonchev–Trinajstić information content (AvgIpc) is 3.62. The first-order valence-electron chi connectivity index (χ1n) is 11.7. The molecule has 11 heteroatoms. The van der Waals surface area contributed by atoms with Crippen molar-refractivity contribution in [3.05, 3.63) is 70.5 Å². The number of carbonyl (C=O) groups excluding carboxylic acids is 1. The summed E-state index contributed by atoms with van der Waals surface area (Å²) >= 11 is 6.60. The largest absolute Gasteiger partial charge is 0.497 e. The Balaban J connectivity index is 1.46. The summed E-state index contributed by atoms with van der Waals surface area (Å²) in [4.78, 5) is 21.4. The van der Waals surface area contributed by atoms with Crippen LogP contribution in [-0.4, -0.2) is 48.7 Å². The molecule has 0 N–H and O–H groups in total. The van der Waals surface area contributed by atoms with Crippen molar-refractivity contribution in [3.8, 4) is 5.75 Å². The van der Waals surface area contributed by atoms with Gasteiger partial charge in [-0.15, -0.1) is 0 Å². The van der Waals surface area contributed by atoms with Gasteiger partial charge in [-0.3, -0.25) is 9.69 Å². The van der Waals surface area contributed by atoms with E-state index in [1.54, 1.807) is 31.4 Å². The number of amides is 1. The molecule has 37 heavy (non-hydrogen) atoms. The van der Waals surface area contributed by atoms with Gasteiger partial charge in [-0.2, -0.15) is 4.98 Å². The van der Waals surface area contributed by atoms with E-state index in [1.807, 2.05) is 36.1 Å². The van der Waals surface area contributed by atoms with Crippen molar-refractivity contribution in [2.45, 2.75) is 36.2 Å². The van der Waals surface area contributed by atoms with Crippen molar-refractivity contribution >= 4 is 56.0 Å². The molecule has 5 rings (SSSR count). The van der Waals surface area contributed by atoms with Crippen LogP contribution in [0.5, 0.6) is 5.75 Å². The van der Waals surface area contributed by atoms with Gasteiger partial charge in [0.05, 0.1) is 23.5 Å². The number of anilines is 1. The first kappa shape index (κ1) is 25.5. The molecular weight excluding hydrogens is 531 g/mol. The van der Waals surface area contributed by atoms with Crippen molar-refractivity contribution in [2.24, 2.45) is 0 Å². The molecule has 0 radical (unpaired) electrons. The van der Waals surface area contributed by atoms with Gasteiger partial charge < -0.3 is 14.1 Å². The first-order chi connectivity index (χ1) is 17.8. The quantitative estimate of drug-likeness (QED) is 0.300. The lowest BCUT2D eigenvalue weighted by Crippen LogP contribution is -2.27. The summed E-state index contributed by atoms with van der Waals surface area (Å²) in [6.45, 7) is 3.55. The summed E-state index contributed by atoms with van der Waals surface area (Å²) in [5.74, 6) is 0.702.